The van der Waals surface area contributed by atoms with Crippen LogP contribution >= 0.6 is 11.6 Å². The van der Waals surface area contributed by atoms with Crippen molar-refractivity contribution in [2.45, 2.75) is 40.2 Å². The maximum atomic E-state index is 11.7. The molecule has 0 fully saturated rings. The van der Waals surface area contributed by atoms with E-state index in [-0.39, 0.29) is 10.6 Å². The lowest BCUT2D eigenvalue weighted by Crippen LogP contribution is -2.24. The number of anilines is 1. The second-order valence-electron chi connectivity index (χ2n) is 4.06. The highest BCUT2D eigenvalue weighted by atomic mass is 35.5. The van der Waals surface area contributed by atoms with Crippen LogP contribution in [0.5, 0.6) is 0 Å². The van der Waals surface area contributed by atoms with E-state index in [9.17, 15) is 4.79 Å². The molecule has 0 unspecified atom stereocenters. The number of rotatable bonds is 6. The van der Waals surface area contributed by atoms with Gasteiger partial charge in [-0.2, -0.15) is 5.10 Å². The summed E-state index contributed by atoms with van der Waals surface area (Å²) in [6, 6.07) is 0. The summed E-state index contributed by atoms with van der Waals surface area (Å²) < 4.78 is 1.35. The minimum Gasteiger partial charge on any atom is -0.382 e. The van der Waals surface area contributed by atoms with Crippen molar-refractivity contribution in [1.82, 2.24) is 9.78 Å². The molecule has 1 rings (SSSR count). The maximum absolute atomic E-state index is 11.7. The van der Waals surface area contributed by atoms with Gasteiger partial charge in [-0.05, 0) is 12.8 Å². The third kappa shape index (κ3) is 3.46. The van der Waals surface area contributed by atoms with Crippen molar-refractivity contribution in [3.63, 3.8) is 0 Å². The van der Waals surface area contributed by atoms with E-state index in [0.29, 0.717) is 18.2 Å². The van der Waals surface area contributed by atoms with Crippen molar-refractivity contribution in [2.24, 2.45) is 5.92 Å². The van der Waals surface area contributed by atoms with E-state index >= 15 is 0 Å². The fraction of sp³-hybridized carbons (Fsp3) is 0.667. The first-order valence-corrected chi connectivity index (χ1v) is 6.51. The van der Waals surface area contributed by atoms with Crippen LogP contribution in [-0.4, -0.2) is 16.3 Å². The summed E-state index contributed by atoms with van der Waals surface area (Å²) in [5.41, 5.74) is 0.400. The lowest BCUT2D eigenvalue weighted by atomic mass is 10.0. The molecular weight excluding hydrogens is 238 g/mol. The fourth-order valence-corrected chi connectivity index (χ4v) is 1.86. The Morgan fingerprint density at radius 1 is 1.41 bits per heavy atom. The zero-order chi connectivity index (χ0) is 12.8. The average molecular weight is 258 g/mol. The predicted molar refractivity (Wildman–Crippen MR) is 71.7 cm³/mol. The largest absolute Gasteiger partial charge is 0.382 e. The molecule has 5 heteroatoms. The van der Waals surface area contributed by atoms with Crippen molar-refractivity contribution >= 4 is 17.3 Å². The molecule has 4 nitrogen and oxygen atoms in total. The van der Waals surface area contributed by atoms with Crippen molar-refractivity contribution < 1.29 is 0 Å². The molecule has 96 valence electrons. The lowest BCUT2D eigenvalue weighted by molar-refractivity contribution is 0.518. The Morgan fingerprint density at radius 3 is 2.59 bits per heavy atom. The Kier molecular flexibility index (Phi) is 5.48. The van der Waals surface area contributed by atoms with E-state index in [1.807, 2.05) is 6.92 Å². The number of aromatic nitrogens is 2. The van der Waals surface area contributed by atoms with Gasteiger partial charge in [0.1, 0.15) is 5.02 Å². The van der Waals surface area contributed by atoms with Gasteiger partial charge in [0.2, 0.25) is 0 Å². The Labute approximate surface area is 107 Å². The molecule has 0 amide bonds. The number of halogens is 1. The summed E-state index contributed by atoms with van der Waals surface area (Å²) in [7, 11) is 0. The van der Waals surface area contributed by atoms with Crippen LogP contribution in [0.4, 0.5) is 5.69 Å². The molecule has 0 bridgehead atoms. The highest BCUT2D eigenvalue weighted by molar-refractivity contribution is 6.32. The van der Waals surface area contributed by atoms with E-state index in [4.69, 9.17) is 11.6 Å². The monoisotopic (exact) mass is 257 g/mol. The molecule has 1 aromatic heterocycles. The third-order valence-electron chi connectivity index (χ3n) is 3.02. The molecule has 0 aliphatic heterocycles. The fourth-order valence-electron chi connectivity index (χ4n) is 1.65. The second kappa shape index (κ2) is 6.64. The summed E-state index contributed by atoms with van der Waals surface area (Å²) in [5, 5.41) is 7.47. The van der Waals surface area contributed by atoms with Crippen molar-refractivity contribution in [1.29, 1.82) is 0 Å². The van der Waals surface area contributed by atoms with E-state index in [0.717, 1.165) is 19.4 Å². The quantitative estimate of drug-likeness (QED) is 0.853. The SMILES string of the molecule is CCC(CC)CNc1cnn(CC)c(=O)c1Cl. The van der Waals surface area contributed by atoms with E-state index in [2.05, 4.69) is 24.3 Å². The van der Waals surface area contributed by atoms with E-state index < -0.39 is 0 Å². The van der Waals surface area contributed by atoms with Crippen LogP contribution < -0.4 is 10.9 Å². The Balaban J connectivity index is 2.79. The summed E-state index contributed by atoms with van der Waals surface area (Å²) in [4.78, 5) is 11.7. The smallest absolute Gasteiger partial charge is 0.287 e. The van der Waals surface area contributed by atoms with Crippen LogP contribution in [0.1, 0.15) is 33.6 Å². The number of hydrogen-bond acceptors (Lipinski definition) is 3. The van der Waals surface area contributed by atoms with Crippen LogP contribution in [-0.2, 0) is 6.54 Å². The summed E-state index contributed by atoms with van der Waals surface area (Å²) in [6.45, 7) is 7.53. The van der Waals surface area contributed by atoms with Gasteiger partial charge in [-0.1, -0.05) is 38.3 Å². The third-order valence-corrected chi connectivity index (χ3v) is 3.39. The molecule has 0 spiro atoms. The van der Waals surface area contributed by atoms with Crippen molar-refractivity contribution in [2.75, 3.05) is 11.9 Å². The van der Waals surface area contributed by atoms with E-state index in [1.54, 1.807) is 6.20 Å². The van der Waals surface area contributed by atoms with E-state index in [1.165, 1.54) is 4.68 Å². The molecule has 1 aromatic rings. The standard InChI is InChI=1S/C12H20ClN3O/c1-4-9(5-2)7-14-10-8-15-16(6-3)12(17)11(10)13/h8-9,14H,4-7H2,1-3H3. The van der Waals surface area contributed by atoms with Gasteiger partial charge in [0, 0.05) is 13.1 Å². The Bertz CT molecular complexity index is 413. The first-order chi connectivity index (χ1) is 8.13. The topological polar surface area (TPSA) is 46.9 Å². The van der Waals surface area contributed by atoms with Crippen LogP contribution in [0.3, 0.4) is 0 Å². The van der Waals surface area contributed by atoms with Gasteiger partial charge in [-0.15, -0.1) is 0 Å². The highest BCUT2D eigenvalue weighted by Crippen LogP contribution is 2.17. The van der Waals surface area contributed by atoms with Gasteiger partial charge < -0.3 is 5.32 Å². The van der Waals surface area contributed by atoms with Gasteiger partial charge in [0.05, 0.1) is 11.9 Å². The normalized spacial score (nSPS) is 10.9. The van der Waals surface area contributed by atoms with Crippen LogP contribution in [0.15, 0.2) is 11.0 Å². The zero-order valence-corrected chi connectivity index (χ0v) is 11.4. The van der Waals surface area contributed by atoms with Gasteiger partial charge >= 0.3 is 0 Å². The first-order valence-electron chi connectivity index (χ1n) is 6.13. The highest BCUT2D eigenvalue weighted by Gasteiger charge is 2.09. The van der Waals surface area contributed by atoms with Gasteiger partial charge in [0.15, 0.2) is 0 Å². The van der Waals surface area contributed by atoms with Crippen LogP contribution in [0.25, 0.3) is 0 Å². The van der Waals surface area contributed by atoms with Gasteiger partial charge in [0.25, 0.3) is 5.56 Å². The molecule has 1 N–H and O–H groups in total. The van der Waals surface area contributed by atoms with Gasteiger partial charge in [-0.25, -0.2) is 4.68 Å². The minimum atomic E-state index is -0.233. The molecule has 0 saturated heterocycles. The molecule has 0 saturated carbocycles. The van der Waals surface area contributed by atoms with Crippen LogP contribution in [0.2, 0.25) is 5.02 Å². The Hall–Kier alpha value is -1.03. The molecular formula is C12H20ClN3O. The minimum absolute atomic E-state index is 0.229. The van der Waals surface area contributed by atoms with Crippen LogP contribution in [0, 0.1) is 5.92 Å². The van der Waals surface area contributed by atoms with Crippen molar-refractivity contribution in [3.05, 3.63) is 21.6 Å². The number of nitrogens with zero attached hydrogens (tertiary/aromatic N) is 2. The predicted octanol–water partition coefficient (Wildman–Crippen LogP) is 2.76. The second-order valence-corrected chi connectivity index (χ2v) is 4.43. The molecule has 0 radical (unpaired) electrons. The first kappa shape index (κ1) is 14.0. The maximum Gasteiger partial charge on any atom is 0.287 e. The molecule has 0 aliphatic carbocycles. The number of nitrogens with one attached hydrogen (secondary N) is 1. The number of hydrogen-bond donors (Lipinski definition) is 1. The lowest BCUT2D eigenvalue weighted by Gasteiger charge is -2.15. The van der Waals surface area contributed by atoms with Gasteiger partial charge in [-0.3, -0.25) is 4.79 Å². The average Bonchev–Trinajstić information content (AvgIpc) is 2.35. The molecule has 0 aliphatic rings. The summed E-state index contributed by atoms with van der Waals surface area (Å²) in [6.07, 6.45) is 3.84. The molecule has 1 heterocycles. The molecule has 0 atom stereocenters. The summed E-state index contributed by atoms with van der Waals surface area (Å²) >= 11 is 6.01. The molecule has 0 aromatic carbocycles. The zero-order valence-electron chi connectivity index (χ0n) is 10.7. The number of aryl methyl sites for hydroxylation is 1. The molecule has 17 heavy (non-hydrogen) atoms. The Morgan fingerprint density at radius 2 is 2.06 bits per heavy atom. The summed E-state index contributed by atoms with van der Waals surface area (Å²) in [5.74, 6) is 0.597. The van der Waals surface area contributed by atoms with Crippen molar-refractivity contribution in [3.8, 4) is 0 Å².